The Morgan fingerprint density at radius 3 is 1.95 bits per heavy atom. The zero-order valence-corrected chi connectivity index (χ0v) is 74.2. The van der Waals surface area contributed by atoms with Crippen LogP contribution in [0.25, 0.3) is 0 Å². The first-order chi connectivity index (χ1) is 56.3. The SMILES string of the molecule is C=CC(C)(OC(=O)OCCOCCNC(=O)C(CSC1CC(=O)NC1=O)CSC1CC(=O)N(N[C@H](C(=O)N[C@@H](CCCNC(N)=O)C(=O)Nc2ccc(COC(=O)N(C)[C@H](C(=O)N[C@H](C(=O)N(C)[C@@H]([C@@H](C)CC)[C@@H](CC(=O)N3CCCC3C(OC)[C@@H](C)C(=O)N[C@H](C)[C@@H](C)c3ccccc3)OC)C(C)C)C(C)C)cc2)C(C)C)C1=O)[C@H](C)CC. The number of hydrogen-bond donors (Lipinski definition) is 9. The van der Waals surface area contributed by atoms with Gasteiger partial charge in [-0.3, -0.25) is 63.0 Å². The number of thioether (sulfide) groups is 2. The Morgan fingerprint density at radius 2 is 1.37 bits per heavy atom. The second kappa shape index (κ2) is 49.1. The molecule has 33 nitrogen and oxygen atoms in total. The van der Waals surface area contributed by atoms with Crippen molar-refractivity contribution in [3.8, 4) is 0 Å². The summed E-state index contributed by atoms with van der Waals surface area (Å²) in [6.45, 7) is 29.7. The molecule has 3 heterocycles. The number of hydrogen-bond acceptors (Lipinski definition) is 23. The summed E-state index contributed by atoms with van der Waals surface area (Å²) in [5.74, 6) is -8.70. The van der Waals surface area contributed by atoms with Gasteiger partial charge in [0, 0.05) is 89.9 Å². The molecular weight excluding hydrogens is 1580 g/mol. The van der Waals surface area contributed by atoms with Crippen molar-refractivity contribution in [2.45, 2.75) is 238 Å². The number of hydrazine groups is 1. The number of amides is 14. The molecule has 17 atom stereocenters. The number of urea groups is 1. The van der Waals surface area contributed by atoms with Crippen LogP contribution in [-0.4, -0.2) is 253 Å². The summed E-state index contributed by atoms with van der Waals surface area (Å²) >= 11 is 2.12. The third-order valence-corrected chi connectivity index (χ3v) is 25.4. The predicted octanol–water partition coefficient (Wildman–Crippen LogP) is 6.95. The number of carbonyl (C=O) groups excluding carboxylic acids is 14. The van der Waals surface area contributed by atoms with Gasteiger partial charge in [-0.1, -0.05) is 139 Å². The van der Waals surface area contributed by atoms with E-state index in [1.54, 1.807) is 90.6 Å². The van der Waals surface area contributed by atoms with Crippen molar-refractivity contribution in [1.82, 2.24) is 57.0 Å². The van der Waals surface area contributed by atoms with Gasteiger partial charge in [-0.2, -0.15) is 0 Å². The number of ether oxygens (including phenoxy) is 6. The molecule has 0 bridgehead atoms. The van der Waals surface area contributed by atoms with Crippen molar-refractivity contribution in [3.05, 3.63) is 78.4 Å². The molecule has 0 aromatic heterocycles. The number of likely N-dealkylation sites (tertiary alicyclic amines) is 1. The quantitative estimate of drug-likeness (QED) is 0.0140. The first-order valence-corrected chi connectivity index (χ1v) is 43.3. The van der Waals surface area contributed by atoms with Gasteiger partial charge < -0.3 is 75.9 Å². The van der Waals surface area contributed by atoms with Gasteiger partial charge >= 0.3 is 18.3 Å². The molecule has 664 valence electrons. The topological polar surface area (TPSA) is 430 Å². The van der Waals surface area contributed by atoms with E-state index in [-0.39, 0.29) is 124 Å². The number of nitrogens with zero attached hydrogens (tertiary/aromatic N) is 4. The molecule has 3 saturated heterocycles. The van der Waals surface area contributed by atoms with Crippen LogP contribution in [0.2, 0.25) is 0 Å². The lowest BCUT2D eigenvalue weighted by Crippen LogP contribution is -2.60. The maximum atomic E-state index is 14.9. The van der Waals surface area contributed by atoms with Crippen molar-refractivity contribution < 1.29 is 95.5 Å². The van der Waals surface area contributed by atoms with Crippen molar-refractivity contribution in [2.24, 2.45) is 47.2 Å². The number of methoxy groups -OCH3 is 2. The van der Waals surface area contributed by atoms with E-state index in [9.17, 15) is 67.1 Å². The van der Waals surface area contributed by atoms with Crippen LogP contribution in [0, 0.1) is 41.4 Å². The van der Waals surface area contributed by atoms with Crippen molar-refractivity contribution >= 4 is 112 Å². The number of imide groups is 2. The molecule has 3 aliphatic rings. The lowest BCUT2D eigenvalue weighted by Gasteiger charge is -2.41. The fraction of sp³-hybridized carbons (Fsp3) is 0.667. The van der Waals surface area contributed by atoms with E-state index < -0.39 is 166 Å². The minimum Gasteiger partial charge on any atom is -0.445 e. The lowest BCUT2D eigenvalue weighted by atomic mass is 9.89. The maximum absolute atomic E-state index is 14.9. The Balaban J connectivity index is 1.18. The molecule has 35 heteroatoms. The molecule has 6 unspecified atom stereocenters. The van der Waals surface area contributed by atoms with Gasteiger partial charge in [0.2, 0.25) is 59.1 Å². The molecule has 119 heavy (non-hydrogen) atoms. The lowest BCUT2D eigenvalue weighted by molar-refractivity contribution is -0.148. The van der Waals surface area contributed by atoms with Gasteiger partial charge in [-0.05, 0) is 105 Å². The molecule has 3 fully saturated rings. The summed E-state index contributed by atoms with van der Waals surface area (Å²) in [6, 6.07) is 9.44. The average molecular weight is 1710 g/mol. The monoisotopic (exact) mass is 1710 g/mol. The Morgan fingerprint density at radius 1 is 0.714 bits per heavy atom. The molecule has 0 aliphatic carbocycles. The Kier molecular flexibility index (Phi) is 41.6. The molecule has 2 aromatic carbocycles. The smallest absolute Gasteiger partial charge is 0.445 e. The Labute approximate surface area is 709 Å². The Bertz CT molecular complexity index is 3750. The zero-order valence-electron chi connectivity index (χ0n) is 72.5. The standard InChI is InChI=1S/C84H131N13O20S2/c1-20-51(10)71(62(112-18)42-66(99)96-38-27-31-61(96)72(113-19)54(13)73(101)88-55(14)53(12)57-28-24-23-25-29-57)94(16)80(108)69(49(6)7)92-78(106)70(50(8)9)95(17)82(110)116-45-56-32-34-59(35-33-56)89-75(103)60(30-26-36-87-81(85)109)90-77(105)68(48(4)5)93-97-67(100)44-64(79(97)107)119-47-58(46-118-63-43-65(98)91-76(63)104)74(102)86-37-39-114-40-41-115-83(111)117-84(15,22-3)52(11)21-2/h22-25,28-29,32-35,48-55,58,60-64,68-72,93H,3,20-21,26-27,30-31,36-47H2,1-2,4-19H3,(H,86,102)(H,88,101)(H,89,103)(H,90,105)(H,92,106)(H3,85,87,109)(H,91,98,104)/t51-,52+,53+,54+,55+,58?,60-,61?,62+,63?,64?,68-,69-,70-,71-,72?,84?/m0/s1. The van der Waals surface area contributed by atoms with Crippen LogP contribution in [0.4, 0.5) is 20.1 Å². The first-order valence-electron chi connectivity index (χ1n) is 41.2. The zero-order chi connectivity index (χ0) is 88.7. The molecule has 0 radical (unpaired) electrons. The maximum Gasteiger partial charge on any atom is 0.509 e. The number of nitrogens with two attached hydrogens (primary N) is 1. The highest BCUT2D eigenvalue weighted by Gasteiger charge is 2.47. The van der Waals surface area contributed by atoms with E-state index in [1.807, 2.05) is 71.9 Å². The number of likely N-dealkylation sites (N-methyl/N-ethyl adjacent to an activating group) is 2. The summed E-state index contributed by atoms with van der Waals surface area (Å²) in [4.78, 5) is 195. The predicted molar refractivity (Wildman–Crippen MR) is 452 cm³/mol. The van der Waals surface area contributed by atoms with Gasteiger partial charge in [0.25, 0.3) is 5.91 Å². The summed E-state index contributed by atoms with van der Waals surface area (Å²) in [5.41, 5.74) is 9.01. The third kappa shape index (κ3) is 29.7. The molecule has 3 aliphatic heterocycles. The van der Waals surface area contributed by atoms with Crippen molar-refractivity contribution in [2.75, 3.05) is 84.6 Å². The number of nitrogens with one attached hydrogen (secondary N) is 8. The fourth-order valence-corrected chi connectivity index (χ4v) is 17.1. The van der Waals surface area contributed by atoms with Crippen LogP contribution in [0.5, 0.6) is 0 Å². The van der Waals surface area contributed by atoms with E-state index in [2.05, 4.69) is 56.1 Å². The molecule has 0 spiro atoms. The highest BCUT2D eigenvalue weighted by atomic mass is 32.2. The van der Waals surface area contributed by atoms with E-state index in [4.69, 9.17) is 34.2 Å². The number of rotatable bonds is 50. The van der Waals surface area contributed by atoms with Crippen LogP contribution in [-0.2, 0) is 87.8 Å². The van der Waals surface area contributed by atoms with E-state index in [1.165, 1.54) is 26.3 Å². The van der Waals surface area contributed by atoms with Gasteiger partial charge in [0.05, 0.1) is 66.3 Å². The molecule has 2 aromatic rings. The van der Waals surface area contributed by atoms with Gasteiger partial charge in [0.15, 0.2) is 0 Å². The minimum atomic E-state index is -1.27. The minimum absolute atomic E-state index is 0.00302. The molecular formula is C84H131N13O20S2. The van der Waals surface area contributed by atoms with Crippen LogP contribution < -0.4 is 48.4 Å². The van der Waals surface area contributed by atoms with Crippen LogP contribution >= 0.6 is 23.5 Å². The highest BCUT2D eigenvalue weighted by Crippen LogP contribution is 2.34. The largest absolute Gasteiger partial charge is 0.509 e. The summed E-state index contributed by atoms with van der Waals surface area (Å²) in [6.07, 6.45) is 0.758. The summed E-state index contributed by atoms with van der Waals surface area (Å²) < 4.78 is 34.1. The van der Waals surface area contributed by atoms with E-state index in [0.29, 0.717) is 31.4 Å². The van der Waals surface area contributed by atoms with Gasteiger partial charge in [0.1, 0.15) is 43.0 Å². The van der Waals surface area contributed by atoms with E-state index >= 15 is 0 Å². The summed E-state index contributed by atoms with van der Waals surface area (Å²) in [7, 11) is 6.12. The number of benzene rings is 2. The van der Waals surface area contributed by atoms with Crippen LogP contribution in [0.1, 0.15) is 172 Å². The van der Waals surface area contributed by atoms with Crippen LogP contribution in [0.15, 0.2) is 67.3 Å². The van der Waals surface area contributed by atoms with Crippen molar-refractivity contribution in [3.63, 3.8) is 0 Å². The van der Waals surface area contributed by atoms with Crippen molar-refractivity contribution in [1.29, 1.82) is 0 Å². The fourth-order valence-electron chi connectivity index (χ4n) is 14.5. The second-order valence-corrected chi connectivity index (χ2v) is 34.7. The Hall–Kier alpha value is -8.90. The third-order valence-electron chi connectivity index (χ3n) is 22.6. The molecule has 5 rings (SSSR count). The number of carbonyl (C=O) groups is 14. The first kappa shape index (κ1) is 101. The molecule has 10 N–H and O–H groups in total. The summed E-state index contributed by atoms with van der Waals surface area (Å²) in [5, 5.41) is 18.1. The van der Waals surface area contributed by atoms with Gasteiger partial charge in [-0.15, -0.1) is 23.5 Å². The molecule has 0 saturated carbocycles. The second-order valence-electron chi connectivity index (χ2n) is 32.2. The van der Waals surface area contributed by atoms with Gasteiger partial charge in [-0.25, -0.2) is 24.8 Å². The number of primary amides is 1. The normalized spacial score (nSPS) is 19.3. The molecule has 14 amide bonds. The van der Waals surface area contributed by atoms with Crippen LogP contribution in [0.3, 0.4) is 0 Å². The number of anilines is 1. The highest BCUT2D eigenvalue weighted by molar-refractivity contribution is 8.01. The van der Waals surface area contributed by atoms with E-state index in [0.717, 1.165) is 45.4 Å². The average Bonchev–Trinajstić information content (AvgIpc) is 1.75.